The van der Waals surface area contributed by atoms with Crippen LogP contribution in [0.4, 0.5) is 0 Å². The number of fused-ring (bicyclic) bond motifs is 1. The number of ether oxygens (including phenoxy) is 2. The molecular weight excluding hydrogens is 254 g/mol. The third kappa shape index (κ3) is 3.22. The predicted octanol–water partition coefficient (Wildman–Crippen LogP) is 2.51. The number of benzene rings is 1. The largest absolute Gasteiger partial charge is 0.493 e. The summed E-state index contributed by atoms with van der Waals surface area (Å²) >= 11 is 0. The quantitative estimate of drug-likeness (QED) is 0.816. The Hall–Kier alpha value is -1.75. The Morgan fingerprint density at radius 3 is 2.60 bits per heavy atom. The van der Waals surface area contributed by atoms with Crippen molar-refractivity contribution in [3.63, 3.8) is 0 Å². The average Bonchev–Trinajstić information content (AvgIpc) is 2.86. The highest BCUT2D eigenvalue weighted by atomic mass is 16.5. The van der Waals surface area contributed by atoms with Crippen molar-refractivity contribution in [1.82, 2.24) is 15.3 Å². The summed E-state index contributed by atoms with van der Waals surface area (Å²) in [6, 6.07) is 4.36. The van der Waals surface area contributed by atoms with E-state index in [9.17, 15) is 0 Å². The van der Waals surface area contributed by atoms with Gasteiger partial charge in [0.15, 0.2) is 11.5 Å². The van der Waals surface area contributed by atoms with Gasteiger partial charge in [0.25, 0.3) is 0 Å². The third-order valence-electron chi connectivity index (χ3n) is 3.50. The fourth-order valence-corrected chi connectivity index (χ4v) is 2.09. The molecule has 0 spiro atoms. The summed E-state index contributed by atoms with van der Waals surface area (Å²) in [5.41, 5.74) is 1.88. The molecule has 0 amide bonds. The minimum Gasteiger partial charge on any atom is -0.493 e. The molecule has 0 aliphatic carbocycles. The van der Waals surface area contributed by atoms with E-state index < -0.39 is 0 Å². The first-order chi connectivity index (χ1) is 9.67. The van der Waals surface area contributed by atoms with Gasteiger partial charge in [0.2, 0.25) is 0 Å². The molecule has 2 aromatic rings. The minimum atomic E-state index is 0.541. The fourth-order valence-electron chi connectivity index (χ4n) is 2.09. The van der Waals surface area contributed by atoms with E-state index in [2.05, 4.69) is 29.1 Å². The summed E-state index contributed by atoms with van der Waals surface area (Å²) in [6.07, 6.45) is 2.01. The number of rotatable bonds is 7. The molecule has 1 aromatic carbocycles. The van der Waals surface area contributed by atoms with Crippen LogP contribution < -0.4 is 14.8 Å². The van der Waals surface area contributed by atoms with Gasteiger partial charge < -0.3 is 19.8 Å². The highest BCUT2D eigenvalue weighted by molar-refractivity contribution is 5.79. The second-order valence-corrected chi connectivity index (χ2v) is 4.92. The first-order valence-electron chi connectivity index (χ1n) is 7.02. The molecule has 0 aliphatic heterocycles. The topological polar surface area (TPSA) is 59.2 Å². The molecule has 1 unspecified atom stereocenters. The van der Waals surface area contributed by atoms with Gasteiger partial charge >= 0.3 is 0 Å². The van der Waals surface area contributed by atoms with Gasteiger partial charge in [-0.05, 0) is 13.3 Å². The van der Waals surface area contributed by atoms with Gasteiger partial charge in [-0.15, -0.1) is 0 Å². The predicted molar refractivity (Wildman–Crippen MR) is 80.7 cm³/mol. The van der Waals surface area contributed by atoms with Crippen LogP contribution in [-0.4, -0.2) is 36.8 Å². The van der Waals surface area contributed by atoms with Crippen molar-refractivity contribution in [2.24, 2.45) is 0 Å². The van der Waals surface area contributed by atoms with E-state index in [1.54, 1.807) is 14.2 Å². The standard InChI is InChI=1S/C15H23N3O2/c1-5-10(2)16-7-6-15-17-11-8-13(19-3)14(20-4)9-12(11)18-15/h8-10,16H,5-7H2,1-4H3,(H,17,18). The van der Waals surface area contributed by atoms with E-state index in [1.165, 1.54) is 0 Å². The molecular formula is C15H23N3O2. The summed E-state index contributed by atoms with van der Waals surface area (Å²) < 4.78 is 10.6. The number of imidazole rings is 1. The maximum atomic E-state index is 5.30. The maximum Gasteiger partial charge on any atom is 0.163 e. The molecule has 2 N–H and O–H groups in total. The van der Waals surface area contributed by atoms with Crippen LogP contribution in [0.2, 0.25) is 0 Å². The molecule has 2 rings (SSSR count). The third-order valence-corrected chi connectivity index (χ3v) is 3.50. The molecule has 5 nitrogen and oxygen atoms in total. The highest BCUT2D eigenvalue weighted by Crippen LogP contribution is 2.30. The zero-order chi connectivity index (χ0) is 14.5. The van der Waals surface area contributed by atoms with E-state index >= 15 is 0 Å². The molecule has 0 fully saturated rings. The molecule has 0 bridgehead atoms. The summed E-state index contributed by atoms with van der Waals surface area (Å²) in [4.78, 5) is 7.91. The Morgan fingerprint density at radius 2 is 1.95 bits per heavy atom. The lowest BCUT2D eigenvalue weighted by Gasteiger charge is -2.09. The number of hydrogen-bond donors (Lipinski definition) is 2. The second-order valence-electron chi connectivity index (χ2n) is 4.92. The van der Waals surface area contributed by atoms with Gasteiger partial charge in [-0.2, -0.15) is 0 Å². The first kappa shape index (κ1) is 14.7. The van der Waals surface area contributed by atoms with Crippen molar-refractivity contribution >= 4 is 11.0 Å². The number of methoxy groups -OCH3 is 2. The molecule has 110 valence electrons. The molecule has 0 aliphatic rings. The lowest BCUT2D eigenvalue weighted by molar-refractivity contribution is 0.356. The van der Waals surface area contributed by atoms with Gasteiger partial charge in [-0.3, -0.25) is 0 Å². The Bertz CT molecular complexity index is 524. The molecule has 5 heteroatoms. The SMILES string of the molecule is CCC(C)NCCc1nc2cc(OC)c(OC)cc2[nH]1. The van der Waals surface area contributed by atoms with Crippen molar-refractivity contribution in [1.29, 1.82) is 0 Å². The lowest BCUT2D eigenvalue weighted by Crippen LogP contribution is -2.27. The first-order valence-corrected chi connectivity index (χ1v) is 7.02. The van der Waals surface area contributed by atoms with Crippen LogP contribution in [0.15, 0.2) is 12.1 Å². The molecule has 0 saturated carbocycles. The van der Waals surface area contributed by atoms with E-state index in [0.29, 0.717) is 17.5 Å². The normalized spacial score (nSPS) is 12.6. The van der Waals surface area contributed by atoms with Gasteiger partial charge in [-0.25, -0.2) is 4.98 Å². The lowest BCUT2D eigenvalue weighted by atomic mass is 10.2. The van der Waals surface area contributed by atoms with Crippen LogP contribution in [-0.2, 0) is 6.42 Å². The van der Waals surface area contributed by atoms with Crippen LogP contribution in [0.3, 0.4) is 0 Å². The van der Waals surface area contributed by atoms with Crippen LogP contribution in [0.1, 0.15) is 26.1 Å². The summed E-state index contributed by atoms with van der Waals surface area (Å²) in [6.45, 7) is 5.29. The highest BCUT2D eigenvalue weighted by Gasteiger charge is 2.10. The average molecular weight is 277 g/mol. The van der Waals surface area contributed by atoms with E-state index in [4.69, 9.17) is 9.47 Å². The van der Waals surface area contributed by atoms with E-state index in [1.807, 2.05) is 12.1 Å². The smallest absolute Gasteiger partial charge is 0.163 e. The molecule has 0 saturated heterocycles. The Morgan fingerprint density at radius 1 is 1.25 bits per heavy atom. The zero-order valence-electron chi connectivity index (χ0n) is 12.6. The van der Waals surface area contributed by atoms with Crippen molar-refractivity contribution in [2.45, 2.75) is 32.7 Å². The number of nitrogens with zero attached hydrogens (tertiary/aromatic N) is 1. The number of aromatic amines is 1. The van der Waals surface area contributed by atoms with E-state index in [0.717, 1.165) is 36.2 Å². The van der Waals surface area contributed by atoms with Gasteiger partial charge in [0.1, 0.15) is 5.82 Å². The molecule has 1 atom stereocenters. The molecule has 1 aromatic heterocycles. The molecule has 1 heterocycles. The second kappa shape index (κ2) is 6.61. The zero-order valence-corrected chi connectivity index (χ0v) is 12.6. The molecule has 0 radical (unpaired) electrons. The van der Waals surface area contributed by atoms with Crippen LogP contribution in [0.5, 0.6) is 11.5 Å². The molecule has 20 heavy (non-hydrogen) atoms. The van der Waals surface area contributed by atoms with Crippen LogP contribution in [0, 0.1) is 0 Å². The van der Waals surface area contributed by atoms with Gasteiger partial charge in [-0.1, -0.05) is 6.92 Å². The van der Waals surface area contributed by atoms with Crippen molar-refractivity contribution in [3.05, 3.63) is 18.0 Å². The van der Waals surface area contributed by atoms with Crippen molar-refractivity contribution in [2.75, 3.05) is 20.8 Å². The van der Waals surface area contributed by atoms with E-state index in [-0.39, 0.29) is 0 Å². The van der Waals surface area contributed by atoms with Crippen LogP contribution >= 0.6 is 0 Å². The number of nitrogens with one attached hydrogen (secondary N) is 2. The van der Waals surface area contributed by atoms with Gasteiger partial charge in [0.05, 0.1) is 25.3 Å². The Balaban J connectivity index is 2.12. The monoisotopic (exact) mass is 277 g/mol. The maximum absolute atomic E-state index is 5.30. The summed E-state index contributed by atoms with van der Waals surface area (Å²) in [5.74, 6) is 2.40. The number of aromatic nitrogens is 2. The fraction of sp³-hybridized carbons (Fsp3) is 0.533. The number of H-pyrrole nitrogens is 1. The van der Waals surface area contributed by atoms with Crippen molar-refractivity contribution in [3.8, 4) is 11.5 Å². The van der Waals surface area contributed by atoms with Gasteiger partial charge in [0, 0.05) is 31.1 Å². The Labute approximate surface area is 119 Å². The summed E-state index contributed by atoms with van der Waals surface area (Å²) in [5, 5.41) is 3.46. The van der Waals surface area contributed by atoms with Crippen LogP contribution in [0.25, 0.3) is 11.0 Å². The summed E-state index contributed by atoms with van der Waals surface area (Å²) in [7, 11) is 3.27. The number of hydrogen-bond acceptors (Lipinski definition) is 4. The Kier molecular flexibility index (Phi) is 4.84. The van der Waals surface area contributed by atoms with Crippen molar-refractivity contribution < 1.29 is 9.47 Å². The minimum absolute atomic E-state index is 0.541.